The zero-order valence-corrected chi connectivity index (χ0v) is 6.42. The van der Waals surface area contributed by atoms with Crippen LogP contribution < -0.4 is 23.1 Å². The van der Waals surface area contributed by atoms with Crippen molar-refractivity contribution >= 4 is 6.08 Å². The first kappa shape index (κ1) is 7.86. The van der Waals surface area contributed by atoms with Crippen LogP contribution in [0.3, 0.4) is 0 Å². The molecule has 0 aromatic carbocycles. The van der Waals surface area contributed by atoms with Gasteiger partial charge in [0.25, 0.3) is 5.35 Å². The number of aromatic nitrogens is 1. The molecule has 0 saturated heterocycles. The summed E-state index contributed by atoms with van der Waals surface area (Å²) in [7, 11) is 0. The summed E-state index contributed by atoms with van der Waals surface area (Å²) in [6.45, 7) is 0. The Morgan fingerprint density at radius 3 is 3.09 bits per heavy atom. The van der Waals surface area contributed by atoms with Gasteiger partial charge in [0.1, 0.15) is 12.3 Å². The van der Waals surface area contributed by atoms with E-state index in [1.165, 1.54) is 0 Å². The lowest BCUT2D eigenvalue weighted by Gasteiger charge is -1.79. The van der Waals surface area contributed by atoms with E-state index in [9.17, 15) is 0 Å². The van der Waals surface area contributed by atoms with Crippen LogP contribution in [0.2, 0.25) is 0 Å². The van der Waals surface area contributed by atoms with E-state index in [4.69, 9.17) is 0 Å². The van der Waals surface area contributed by atoms with Gasteiger partial charge >= 0.3 is 0 Å². The fraction of sp³-hybridized carbons (Fsp3) is 0. The third-order valence-electron chi connectivity index (χ3n) is 1.29. The lowest BCUT2D eigenvalue weighted by molar-refractivity contribution is -0.00000205. The minimum absolute atomic E-state index is 0. The Balaban J connectivity index is 0.000000605. The third kappa shape index (κ3) is 1.43. The molecule has 1 aliphatic rings. The Morgan fingerprint density at radius 1 is 1.36 bits per heavy atom. The van der Waals surface area contributed by atoms with Crippen LogP contribution in [0.5, 0.6) is 0 Å². The lowest BCUT2D eigenvalue weighted by Crippen LogP contribution is -3.00. The molecule has 1 aromatic heterocycles. The highest BCUT2D eigenvalue weighted by Crippen LogP contribution is 1.78. The fourth-order valence-electron chi connectivity index (χ4n) is 0.846. The van der Waals surface area contributed by atoms with Crippen LogP contribution in [-0.4, -0.2) is 4.98 Å². The SMILES string of the molecule is [C+]1=c2ncccc2=NC=C1.[Cl-]. The molecule has 0 amide bonds. The van der Waals surface area contributed by atoms with Gasteiger partial charge in [-0.3, -0.25) is 0 Å². The van der Waals surface area contributed by atoms with Gasteiger partial charge in [-0.2, -0.15) is 0 Å². The summed E-state index contributed by atoms with van der Waals surface area (Å²) in [6, 6.07) is 3.78. The fourth-order valence-corrected chi connectivity index (χ4v) is 0.846. The van der Waals surface area contributed by atoms with Gasteiger partial charge in [0.15, 0.2) is 0 Å². The minimum Gasteiger partial charge on any atom is -1.00 e. The molecule has 0 aliphatic carbocycles. The topological polar surface area (TPSA) is 25.2 Å². The molecule has 0 unspecified atom stereocenters. The predicted octanol–water partition coefficient (Wildman–Crippen LogP) is -3.11. The molecule has 2 rings (SSSR count). The summed E-state index contributed by atoms with van der Waals surface area (Å²) in [6.07, 6.45) is 8.19. The quantitative estimate of drug-likeness (QED) is 0.373. The second kappa shape index (κ2) is 3.24. The second-order valence-corrected chi connectivity index (χ2v) is 1.96. The van der Waals surface area contributed by atoms with Crippen molar-refractivity contribution in [3.63, 3.8) is 0 Å². The number of hydrogen-bond acceptors (Lipinski definition) is 2. The maximum absolute atomic E-state index is 4.09. The van der Waals surface area contributed by atoms with Crippen LogP contribution in [0.1, 0.15) is 0 Å². The van der Waals surface area contributed by atoms with Gasteiger partial charge in [0, 0.05) is 12.3 Å². The maximum Gasteiger partial charge on any atom is 0.255 e. The largest absolute Gasteiger partial charge is 1.00 e. The summed E-state index contributed by atoms with van der Waals surface area (Å²) >= 11 is 0. The normalized spacial score (nSPS) is 11.3. The van der Waals surface area contributed by atoms with E-state index in [-0.39, 0.29) is 12.4 Å². The summed E-state index contributed by atoms with van der Waals surface area (Å²) in [4.78, 5) is 8.15. The van der Waals surface area contributed by atoms with Crippen LogP contribution in [0.15, 0.2) is 35.6 Å². The number of nitrogens with zero attached hydrogens (tertiary/aromatic N) is 2. The molecule has 1 aliphatic heterocycles. The second-order valence-electron chi connectivity index (χ2n) is 1.96. The van der Waals surface area contributed by atoms with E-state index < -0.39 is 0 Å². The number of allylic oxidation sites excluding steroid dienone is 1. The molecule has 2 heterocycles. The van der Waals surface area contributed by atoms with Crippen LogP contribution >= 0.6 is 0 Å². The lowest BCUT2D eigenvalue weighted by atomic mass is 10.3. The van der Waals surface area contributed by atoms with E-state index in [0.29, 0.717) is 0 Å². The molecule has 2 nitrogen and oxygen atoms in total. The van der Waals surface area contributed by atoms with Gasteiger partial charge in [-0.15, -0.1) is 4.99 Å². The van der Waals surface area contributed by atoms with Crippen molar-refractivity contribution in [1.29, 1.82) is 0 Å². The molecule has 0 spiro atoms. The molecule has 11 heavy (non-hydrogen) atoms. The molecule has 0 fully saturated rings. The van der Waals surface area contributed by atoms with Gasteiger partial charge in [0.2, 0.25) is 5.36 Å². The van der Waals surface area contributed by atoms with Crippen molar-refractivity contribution < 1.29 is 12.4 Å². The molecule has 0 atom stereocenters. The average Bonchev–Trinajstić information content (AvgIpc) is 2.05. The van der Waals surface area contributed by atoms with Crippen LogP contribution in [0.4, 0.5) is 0 Å². The zero-order valence-electron chi connectivity index (χ0n) is 5.66. The van der Waals surface area contributed by atoms with Crippen LogP contribution in [0.25, 0.3) is 6.08 Å². The standard InChI is InChI=1S/C8H5N2.ClH/c1-3-7-8(9-5-1)4-2-6-10-7;/h1-3,5-6H;1H/q+1;/p-1. The molecular weight excluding hydrogens is 160 g/mol. The minimum atomic E-state index is 0. The van der Waals surface area contributed by atoms with Crippen molar-refractivity contribution in [2.24, 2.45) is 4.99 Å². The van der Waals surface area contributed by atoms with Gasteiger partial charge < -0.3 is 12.4 Å². The first-order valence-corrected chi connectivity index (χ1v) is 3.04. The molecule has 0 N–H and O–H groups in total. The smallest absolute Gasteiger partial charge is 0.255 e. The van der Waals surface area contributed by atoms with Crippen molar-refractivity contribution in [3.8, 4) is 0 Å². The Morgan fingerprint density at radius 2 is 2.27 bits per heavy atom. The molecule has 54 valence electrons. The van der Waals surface area contributed by atoms with Crippen molar-refractivity contribution in [3.05, 3.63) is 41.3 Å². The number of hydrogen-bond donors (Lipinski definition) is 0. The van der Waals surface area contributed by atoms with Crippen LogP contribution in [-0.2, 0) is 0 Å². The highest BCUT2D eigenvalue weighted by atomic mass is 35.5. The first-order chi connectivity index (χ1) is 4.97. The average molecular weight is 165 g/mol. The number of rotatable bonds is 0. The van der Waals surface area contributed by atoms with E-state index >= 15 is 0 Å². The van der Waals surface area contributed by atoms with E-state index in [1.807, 2.05) is 12.1 Å². The van der Waals surface area contributed by atoms with Gasteiger partial charge in [0.05, 0.1) is 6.08 Å². The Labute approximate surface area is 70.4 Å². The maximum atomic E-state index is 4.09. The van der Waals surface area contributed by atoms with Gasteiger partial charge in [-0.05, 0) is 6.07 Å². The van der Waals surface area contributed by atoms with Crippen molar-refractivity contribution in [2.45, 2.75) is 0 Å². The molecule has 1 aromatic rings. The van der Waals surface area contributed by atoms with E-state index in [1.54, 1.807) is 18.5 Å². The summed E-state index contributed by atoms with van der Waals surface area (Å²) in [5.41, 5.74) is 0. The third-order valence-corrected chi connectivity index (χ3v) is 1.29. The van der Waals surface area contributed by atoms with Crippen molar-refractivity contribution in [1.82, 2.24) is 4.98 Å². The molecular formula is C8H5ClN2. The van der Waals surface area contributed by atoms with Crippen LogP contribution in [0, 0.1) is 0 Å². The molecule has 0 radical (unpaired) electrons. The highest BCUT2D eigenvalue weighted by molar-refractivity contribution is 5.35. The molecule has 3 heteroatoms. The summed E-state index contributed by atoms with van der Waals surface area (Å²) in [5, 5.41) is 1.72. The highest BCUT2D eigenvalue weighted by Gasteiger charge is 1.97. The molecule has 0 bridgehead atoms. The molecule has 0 saturated carbocycles. The van der Waals surface area contributed by atoms with E-state index in [0.717, 1.165) is 10.7 Å². The predicted molar refractivity (Wildman–Crippen MR) is 37.6 cm³/mol. The summed E-state index contributed by atoms with van der Waals surface area (Å²) < 4.78 is 0. The van der Waals surface area contributed by atoms with E-state index in [2.05, 4.69) is 16.1 Å². The van der Waals surface area contributed by atoms with Gasteiger partial charge in [-0.25, -0.2) is 4.98 Å². The first-order valence-electron chi connectivity index (χ1n) is 3.04. The number of fused-ring (bicyclic) bond motifs is 1. The Kier molecular flexibility index (Phi) is 2.32. The van der Waals surface area contributed by atoms with Crippen molar-refractivity contribution in [2.75, 3.05) is 0 Å². The Bertz CT molecular complexity index is 344. The summed E-state index contributed by atoms with van der Waals surface area (Å²) in [5.74, 6) is 0. The monoisotopic (exact) mass is 164 g/mol. The zero-order chi connectivity index (χ0) is 6.81. The number of halogens is 1. The van der Waals surface area contributed by atoms with Gasteiger partial charge in [-0.1, -0.05) is 0 Å². The Hall–Kier alpha value is -1.24. The number of pyridine rings is 1.